The molecule has 2 amide bonds. The van der Waals surface area contributed by atoms with Crippen molar-refractivity contribution in [3.63, 3.8) is 0 Å². The predicted octanol–water partition coefficient (Wildman–Crippen LogP) is 5.57. The highest BCUT2D eigenvalue weighted by molar-refractivity contribution is 5.85. The molecular formula is C29H30N2O6. The summed E-state index contributed by atoms with van der Waals surface area (Å²) in [5.41, 5.74) is 4.85. The molecule has 37 heavy (non-hydrogen) atoms. The first-order valence-corrected chi connectivity index (χ1v) is 12.0. The van der Waals surface area contributed by atoms with Crippen molar-refractivity contribution in [1.29, 1.82) is 0 Å². The van der Waals surface area contributed by atoms with Gasteiger partial charge in [0.15, 0.2) is 0 Å². The van der Waals surface area contributed by atoms with Gasteiger partial charge in [0.2, 0.25) is 0 Å². The Morgan fingerprint density at radius 2 is 1.51 bits per heavy atom. The van der Waals surface area contributed by atoms with Crippen LogP contribution < -0.4 is 10.6 Å². The lowest BCUT2D eigenvalue weighted by molar-refractivity contribution is -0.139. The number of hydrogen-bond acceptors (Lipinski definition) is 5. The summed E-state index contributed by atoms with van der Waals surface area (Å²) in [4.78, 5) is 36.3. The van der Waals surface area contributed by atoms with E-state index in [1.54, 1.807) is 45.0 Å². The van der Waals surface area contributed by atoms with Crippen molar-refractivity contribution >= 4 is 23.8 Å². The van der Waals surface area contributed by atoms with Crippen molar-refractivity contribution < 1.29 is 29.0 Å². The Kier molecular flexibility index (Phi) is 7.47. The highest BCUT2D eigenvalue weighted by Crippen LogP contribution is 2.44. The number of hydrogen-bond donors (Lipinski definition) is 3. The highest BCUT2D eigenvalue weighted by atomic mass is 16.6. The minimum Gasteiger partial charge on any atom is -0.480 e. The summed E-state index contributed by atoms with van der Waals surface area (Å²) < 4.78 is 10.7. The van der Waals surface area contributed by atoms with E-state index in [4.69, 9.17) is 9.47 Å². The molecule has 0 aromatic heterocycles. The van der Waals surface area contributed by atoms with Crippen LogP contribution in [0.4, 0.5) is 15.3 Å². The molecule has 3 aromatic rings. The van der Waals surface area contributed by atoms with Crippen LogP contribution in [-0.2, 0) is 20.7 Å². The van der Waals surface area contributed by atoms with Crippen LogP contribution in [0.15, 0.2) is 72.8 Å². The second-order valence-corrected chi connectivity index (χ2v) is 9.89. The molecule has 0 radical (unpaired) electrons. The fourth-order valence-corrected chi connectivity index (χ4v) is 4.41. The van der Waals surface area contributed by atoms with Gasteiger partial charge in [-0.3, -0.25) is 5.32 Å². The first-order valence-electron chi connectivity index (χ1n) is 12.0. The summed E-state index contributed by atoms with van der Waals surface area (Å²) in [7, 11) is 0. The lowest BCUT2D eigenvalue weighted by atomic mass is 9.98. The van der Waals surface area contributed by atoms with Crippen molar-refractivity contribution in [3.05, 3.63) is 89.5 Å². The highest BCUT2D eigenvalue weighted by Gasteiger charge is 2.29. The van der Waals surface area contributed by atoms with E-state index in [0.29, 0.717) is 11.3 Å². The monoisotopic (exact) mass is 502 g/mol. The first-order chi connectivity index (χ1) is 17.6. The molecule has 0 fully saturated rings. The summed E-state index contributed by atoms with van der Waals surface area (Å²) in [6, 6.07) is 21.7. The third-order valence-electron chi connectivity index (χ3n) is 5.95. The lowest BCUT2D eigenvalue weighted by Gasteiger charge is -2.22. The SMILES string of the molecule is CC(C)(C)OC(=O)NC(Cc1cccc(NC(=O)OCC2c3ccccc3-c3ccccc32)c1)C(=O)O. The molecule has 0 saturated carbocycles. The molecule has 3 N–H and O–H groups in total. The van der Waals surface area contributed by atoms with E-state index < -0.39 is 29.8 Å². The number of alkyl carbamates (subject to hydrolysis) is 1. The van der Waals surface area contributed by atoms with E-state index in [2.05, 4.69) is 34.9 Å². The fraction of sp³-hybridized carbons (Fsp3) is 0.276. The zero-order valence-corrected chi connectivity index (χ0v) is 21.0. The Morgan fingerprint density at radius 1 is 0.892 bits per heavy atom. The van der Waals surface area contributed by atoms with Crippen molar-refractivity contribution in [2.45, 2.75) is 44.8 Å². The Labute approximate surface area is 215 Å². The summed E-state index contributed by atoms with van der Waals surface area (Å²) in [5, 5.41) is 14.6. The minimum atomic E-state index is -1.19. The van der Waals surface area contributed by atoms with Crippen LogP contribution in [0.5, 0.6) is 0 Å². The van der Waals surface area contributed by atoms with Gasteiger partial charge in [0.05, 0.1) is 0 Å². The molecule has 1 unspecified atom stereocenters. The number of nitrogens with one attached hydrogen (secondary N) is 2. The number of ether oxygens (including phenoxy) is 2. The fourth-order valence-electron chi connectivity index (χ4n) is 4.41. The van der Waals surface area contributed by atoms with Crippen molar-refractivity contribution in [2.75, 3.05) is 11.9 Å². The molecule has 192 valence electrons. The molecule has 0 spiro atoms. The number of carboxylic acid groups (broad SMARTS) is 1. The number of fused-ring (bicyclic) bond motifs is 3. The summed E-state index contributed by atoms with van der Waals surface area (Å²) in [6.07, 6.45) is -1.41. The number of carbonyl (C=O) groups is 3. The molecule has 0 saturated heterocycles. The van der Waals surface area contributed by atoms with Gasteiger partial charge in [-0.1, -0.05) is 60.7 Å². The molecule has 8 heteroatoms. The van der Waals surface area contributed by atoms with Gasteiger partial charge in [0, 0.05) is 18.0 Å². The van der Waals surface area contributed by atoms with Gasteiger partial charge in [0.1, 0.15) is 18.2 Å². The quantitative estimate of drug-likeness (QED) is 0.389. The van der Waals surface area contributed by atoms with E-state index in [0.717, 1.165) is 22.3 Å². The topological polar surface area (TPSA) is 114 Å². The van der Waals surface area contributed by atoms with Crippen LogP contribution in [-0.4, -0.2) is 41.5 Å². The summed E-state index contributed by atoms with van der Waals surface area (Å²) in [5.74, 6) is -1.25. The minimum absolute atomic E-state index is 0.00872. The Morgan fingerprint density at radius 3 is 2.11 bits per heavy atom. The van der Waals surface area contributed by atoms with Gasteiger partial charge in [-0.2, -0.15) is 0 Å². The second-order valence-electron chi connectivity index (χ2n) is 9.89. The Hall–Kier alpha value is -4.33. The third-order valence-corrected chi connectivity index (χ3v) is 5.95. The Balaban J connectivity index is 1.37. The smallest absolute Gasteiger partial charge is 0.411 e. The van der Waals surface area contributed by atoms with Crippen molar-refractivity contribution in [1.82, 2.24) is 5.32 Å². The average molecular weight is 503 g/mol. The molecule has 1 atom stereocenters. The number of carboxylic acids is 1. The summed E-state index contributed by atoms with van der Waals surface area (Å²) >= 11 is 0. The van der Waals surface area contributed by atoms with E-state index in [9.17, 15) is 19.5 Å². The molecule has 8 nitrogen and oxygen atoms in total. The molecule has 4 rings (SSSR count). The van der Waals surface area contributed by atoms with Crippen molar-refractivity contribution in [3.8, 4) is 11.1 Å². The van der Waals surface area contributed by atoms with Crippen LogP contribution in [0.25, 0.3) is 11.1 Å². The molecule has 1 aliphatic carbocycles. The number of aliphatic carboxylic acids is 1. The lowest BCUT2D eigenvalue weighted by Crippen LogP contribution is -2.44. The van der Waals surface area contributed by atoms with Crippen LogP contribution in [0, 0.1) is 0 Å². The number of benzene rings is 3. The van der Waals surface area contributed by atoms with Crippen LogP contribution in [0.3, 0.4) is 0 Å². The maximum atomic E-state index is 12.6. The summed E-state index contributed by atoms with van der Waals surface area (Å²) in [6.45, 7) is 5.27. The normalized spacial score (nSPS) is 13.2. The van der Waals surface area contributed by atoms with E-state index in [1.807, 2.05) is 24.3 Å². The van der Waals surface area contributed by atoms with Crippen LogP contribution in [0.1, 0.15) is 43.4 Å². The standard InChI is InChI=1S/C29H30N2O6/c1-29(2,3)37-28(35)31-25(26(32)33)16-18-9-8-10-19(15-18)30-27(34)36-17-24-22-13-6-4-11-20(22)21-12-5-7-14-23(21)24/h4-15,24-25H,16-17H2,1-3H3,(H,30,34)(H,31,35)(H,32,33). The first kappa shape index (κ1) is 25.8. The van der Waals surface area contributed by atoms with Gasteiger partial charge in [-0.25, -0.2) is 14.4 Å². The molecule has 0 aliphatic heterocycles. The molecular weight excluding hydrogens is 472 g/mol. The maximum absolute atomic E-state index is 12.6. The van der Waals surface area contributed by atoms with Gasteiger partial charge < -0.3 is 19.9 Å². The molecule has 1 aliphatic rings. The number of amides is 2. The molecule has 0 heterocycles. The molecule has 3 aromatic carbocycles. The maximum Gasteiger partial charge on any atom is 0.411 e. The average Bonchev–Trinajstić information content (AvgIpc) is 3.15. The van der Waals surface area contributed by atoms with Crippen molar-refractivity contribution in [2.24, 2.45) is 0 Å². The number of carbonyl (C=O) groups excluding carboxylic acids is 2. The zero-order valence-electron chi connectivity index (χ0n) is 21.0. The van der Waals surface area contributed by atoms with Gasteiger partial charge in [-0.15, -0.1) is 0 Å². The van der Waals surface area contributed by atoms with Crippen LogP contribution in [0.2, 0.25) is 0 Å². The largest absolute Gasteiger partial charge is 0.480 e. The Bertz CT molecular complexity index is 1270. The number of rotatable bonds is 7. The third kappa shape index (κ3) is 6.46. The number of anilines is 1. The van der Waals surface area contributed by atoms with E-state index in [-0.39, 0.29) is 18.9 Å². The van der Waals surface area contributed by atoms with E-state index >= 15 is 0 Å². The van der Waals surface area contributed by atoms with E-state index in [1.165, 1.54) is 0 Å². The zero-order chi connectivity index (χ0) is 26.6. The van der Waals surface area contributed by atoms with Gasteiger partial charge >= 0.3 is 18.2 Å². The predicted molar refractivity (Wildman–Crippen MR) is 140 cm³/mol. The van der Waals surface area contributed by atoms with Gasteiger partial charge in [0.25, 0.3) is 0 Å². The van der Waals surface area contributed by atoms with Gasteiger partial charge in [-0.05, 0) is 60.7 Å². The molecule has 0 bridgehead atoms. The second kappa shape index (κ2) is 10.7. The van der Waals surface area contributed by atoms with Crippen LogP contribution >= 0.6 is 0 Å².